The Labute approximate surface area is 174 Å². The van der Waals surface area contributed by atoms with Crippen LogP contribution in [0.25, 0.3) is 0 Å². The van der Waals surface area contributed by atoms with Crippen LogP contribution in [0.1, 0.15) is 59.1 Å². The lowest BCUT2D eigenvalue weighted by Gasteiger charge is -2.28. The van der Waals surface area contributed by atoms with Crippen LogP contribution < -0.4 is 0 Å². The van der Waals surface area contributed by atoms with E-state index in [9.17, 15) is 9.59 Å². The topological polar surface area (TPSA) is 55.8 Å². The predicted octanol–water partition coefficient (Wildman–Crippen LogP) is 4.43. The number of hydrogen-bond acceptors (Lipinski definition) is 4. The molecule has 1 aromatic carbocycles. The van der Waals surface area contributed by atoms with E-state index in [4.69, 9.17) is 15.9 Å². The second-order valence-corrected chi connectivity index (χ2v) is 9.66. The Bertz CT molecular complexity index is 779. The van der Waals surface area contributed by atoms with Gasteiger partial charge in [-0.25, -0.2) is 4.79 Å². The van der Waals surface area contributed by atoms with Crippen LogP contribution in [0.4, 0.5) is 4.79 Å². The average Bonchev–Trinajstić information content (AvgIpc) is 3.06. The third-order valence-electron chi connectivity index (χ3n) is 4.70. The average molecular weight is 400 g/mol. The molecule has 5 nitrogen and oxygen atoms in total. The van der Waals surface area contributed by atoms with Gasteiger partial charge in [-0.15, -0.1) is 6.42 Å². The van der Waals surface area contributed by atoms with Crippen LogP contribution in [-0.4, -0.2) is 41.3 Å². The molecule has 1 aliphatic rings. The molecule has 0 aliphatic carbocycles. The van der Waals surface area contributed by atoms with Gasteiger partial charge in [0.2, 0.25) is 0 Å². The summed E-state index contributed by atoms with van der Waals surface area (Å²) >= 11 is 0. The van der Waals surface area contributed by atoms with Gasteiger partial charge in [0.05, 0.1) is 5.92 Å². The Morgan fingerprint density at radius 1 is 1.17 bits per heavy atom. The molecule has 2 rings (SSSR count). The van der Waals surface area contributed by atoms with Crippen LogP contribution in [0.3, 0.4) is 0 Å². The molecule has 1 aromatic rings. The molecule has 0 spiro atoms. The van der Waals surface area contributed by atoms with Crippen molar-refractivity contribution in [1.82, 2.24) is 4.90 Å². The van der Waals surface area contributed by atoms with Crippen molar-refractivity contribution in [3.63, 3.8) is 0 Å². The van der Waals surface area contributed by atoms with Crippen molar-refractivity contribution in [3.8, 4) is 12.3 Å². The van der Waals surface area contributed by atoms with Gasteiger partial charge >= 0.3 is 12.1 Å². The number of benzene rings is 1. The Balaban J connectivity index is 2.18. The highest BCUT2D eigenvalue weighted by atomic mass is 16.6. The first-order chi connectivity index (χ1) is 13.4. The highest BCUT2D eigenvalue weighted by molar-refractivity contribution is 5.74. The number of nitrogens with zero attached hydrogens (tertiary/aromatic N) is 1. The quantitative estimate of drug-likeness (QED) is 0.555. The van der Waals surface area contributed by atoms with E-state index in [1.807, 2.05) is 65.8 Å². The Kier molecular flexibility index (Phi) is 7.00. The van der Waals surface area contributed by atoms with Crippen LogP contribution in [-0.2, 0) is 20.7 Å². The molecule has 1 amide bonds. The first kappa shape index (κ1) is 22.8. The molecular weight excluding hydrogens is 366 g/mol. The summed E-state index contributed by atoms with van der Waals surface area (Å²) in [5.74, 6) is 2.05. The van der Waals surface area contributed by atoms with E-state index in [1.165, 1.54) is 0 Å². The van der Waals surface area contributed by atoms with E-state index in [0.29, 0.717) is 19.5 Å². The van der Waals surface area contributed by atoms with Gasteiger partial charge < -0.3 is 14.4 Å². The summed E-state index contributed by atoms with van der Waals surface area (Å²) in [7, 11) is 0. The number of hydrogen-bond donors (Lipinski definition) is 0. The Hall–Kier alpha value is -2.48. The maximum atomic E-state index is 13.0. The third kappa shape index (κ3) is 7.12. The zero-order chi connectivity index (χ0) is 21.8. The Morgan fingerprint density at radius 2 is 1.83 bits per heavy atom. The monoisotopic (exact) mass is 399 g/mol. The Morgan fingerprint density at radius 3 is 2.41 bits per heavy atom. The van der Waals surface area contributed by atoms with Crippen LogP contribution in [0.5, 0.6) is 0 Å². The van der Waals surface area contributed by atoms with Gasteiger partial charge in [0.25, 0.3) is 0 Å². The summed E-state index contributed by atoms with van der Waals surface area (Å²) in [6.07, 6.45) is 6.44. The lowest BCUT2D eigenvalue weighted by molar-refractivity contribution is -0.161. The zero-order valence-corrected chi connectivity index (χ0v) is 18.5. The van der Waals surface area contributed by atoms with E-state index < -0.39 is 11.2 Å². The number of esters is 1. The van der Waals surface area contributed by atoms with Crippen molar-refractivity contribution >= 4 is 12.1 Å². The molecule has 2 atom stereocenters. The van der Waals surface area contributed by atoms with E-state index in [0.717, 1.165) is 17.5 Å². The molecule has 1 aliphatic heterocycles. The summed E-state index contributed by atoms with van der Waals surface area (Å²) in [4.78, 5) is 27.1. The lowest BCUT2D eigenvalue weighted by Crippen LogP contribution is -2.38. The van der Waals surface area contributed by atoms with Crippen LogP contribution >= 0.6 is 0 Å². The van der Waals surface area contributed by atoms with Gasteiger partial charge in [-0.2, -0.15) is 0 Å². The first-order valence-corrected chi connectivity index (χ1v) is 10.1. The molecule has 29 heavy (non-hydrogen) atoms. The molecule has 0 radical (unpaired) electrons. The van der Waals surface area contributed by atoms with Gasteiger partial charge in [-0.3, -0.25) is 4.79 Å². The summed E-state index contributed by atoms with van der Waals surface area (Å²) in [6, 6.07) is 7.67. The predicted molar refractivity (Wildman–Crippen MR) is 113 cm³/mol. The number of rotatable bonds is 4. The van der Waals surface area contributed by atoms with Crippen molar-refractivity contribution in [2.75, 3.05) is 13.1 Å². The maximum Gasteiger partial charge on any atom is 0.410 e. The van der Waals surface area contributed by atoms with Crippen molar-refractivity contribution in [2.24, 2.45) is 11.8 Å². The minimum atomic E-state index is -0.570. The minimum Gasteiger partial charge on any atom is -0.460 e. The molecule has 1 saturated heterocycles. The molecule has 0 bridgehead atoms. The van der Waals surface area contributed by atoms with Gasteiger partial charge in [0.15, 0.2) is 0 Å². The number of terminal acetylenes is 1. The fraction of sp³-hybridized carbons (Fsp3) is 0.583. The largest absolute Gasteiger partial charge is 0.460 e. The van der Waals surface area contributed by atoms with Gasteiger partial charge in [-0.05, 0) is 78.0 Å². The minimum absolute atomic E-state index is 0.00635. The number of likely N-dealkylation sites (tertiary alicyclic amines) is 1. The number of carbonyl (C=O) groups excluding carboxylic acids is 2. The molecular formula is C24H33NO4. The fourth-order valence-corrected chi connectivity index (χ4v) is 3.47. The number of amides is 1. The van der Waals surface area contributed by atoms with Crippen molar-refractivity contribution in [3.05, 3.63) is 35.4 Å². The fourth-order valence-electron chi connectivity index (χ4n) is 3.47. The highest BCUT2D eigenvalue weighted by Gasteiger charge is 2.39. The third-order valence-corrected chi connectivity index (χ3v) is 4.70. The van der Waals surface area contributed by atoms with E-state index in [2.05, 4.69) is 5.92 Å². The normalized spacial score (nSPS) is 18.1. The maximum absolute atomic E-state index is 13.0. The number of carbonyl (C=O) groups is 2. The van der Waals surface area contributed by atoms with Gasteiger partial charge in [0.1, 0.15) is 11.2 Å². The van der Waals surface area contributed by atoms with Gasteiger partial charge in [-0.1, -0.05) is 18.1 Å². The van der Waals surface area contributed by atoms with Crippen LogP contribution in [0.15, 0.2) is 24.3 Å². The van der Waals surface area contributed by atoms with E-state index in [1.54, 1.807) is 4.90 Å². The second-order valence-electron chi connectivity index (χ2n) is 9.66. The SMILES string of the molecule is C#Cc1cccc(C[C@H](C(=O)OC(C)(C)C)[C@H]2CCN(C(=O)OC(C)(C)C)C2)c1. The summed E-state index contributed by atoms with van der Waals surface area (Å²) in [5.41, 5.74) is 0.661. The van der Waals surface area contributed by atoms with E-state index >= 15 is 0 Å². The van der Waals surface area contributed by atoms with Crippen LogP contribution in [0.2, 0.25) is 0 Å². The summed E-state index contributed by atoms with van der Waals surface area (Å²) < 4.78 is 11.2. The summed E-state index contributed by atoms with van der Waals surface area (Å²) in [6.45, 7) is 12.2. The summed E-state index contributed by atoms with van der Waals surface area (Å²) in [5, 5.41) is 0. The van der Waals surface area contributed by atoms with E-state index in [-0.39, 0.29) is 23.9 Å². The highest BCUT2D eigenvalue weighted by Crippen LogP contribution is 2.30. The molecule has 158 valence electrons. The van der Waals surface area contributed by atoms with Gasteiger partial charge in [0, 0.05) is 18.7 Å². The second kappa shape index (κ2) is 8.90. The molecule has 5 heteroatoms. The number of ether oxygens (including phenoxy) is 2. The molecule has 1 heterocycles. The first-order valence-electron chi connectivity index (χ1n) is 10.1. The van der Waals surface area contributed by atoms with Crippen LogP contribution in [0, 0.1) is 24.2 Å². The molecule has 0 aromatic heterocycles. The zero-order valence-electron chi connectivity index (χ0n) is 18.5. The lowest BCUT2D eigenvalue weighted by atomic mass is 9.85. The molecule has 1 fully saturated rings. The smallest absolute Gasteiger partial charge is 0.410 e. The molecule has 0 saturated carbocycles. The standard InChI is InChI=1S/C24H33NO4/c1-8-17-10-9-11-18(14-17)15-20(21(26)28-23(2,3)4)19-12-13-25(16-19)22(27)29-24(5,6)7/h1,9-11,14,19-20H,12-13,15-16H2,2-7H3/t19-,20-/m0/s1. The molecule has 0 unspecified atom stereocenters. The van der Waals surface area contributed by atoms with Crippen molar-refractivity contribution in [1.29, 1.82) is 0 Å². The van der Waals surface area contributed by atoms with Crippen molar-refractivity contribution in [2.45, 2.75) is 65.6 Å². The van der Waals surface area contributed by atoms with Crippen molar-refractivity contribution < 1.29 is 19.1 Å². The molecule has 0 N–H and O–H groups in total.